The zero-order valence-electron chi connectivity index (χ0n) is 16.1. The molecule has 2 atom stereocenters. The van der Waals surface area contributed by atoms with Crippen LogP contribution in [0.1, 0.15) is 39.1 Å². The summed E-state index contributed by atoms with van der Waals surface area (Å²) in [6.45, 7) is 1.01. The lowest BCUT2D eigenvalue weighted by Gasteiger charge is -2.26. The molecule has 1 N–H and O–H groups in total. The Hall–Kier alpha value is -2.41. The molecule has 0 spiro atoms. The third kappa shape index (κ3) is 4.08. The fourth-order valence-electron chi connectivity index (χ4n) is 3.81. The van der Waals surface area contributed by atoms with Crippen molar-refractivity contribution in [3.63, 3.8) is 0 Å². The maximum atomic E-state index is 13.1. The number of ether oxygens (including phenoxy) is 1. The third-order valence-corrected chi connectivity index (χ3v) is 6.10. The highest BCUT2D eigenvalue weighted by molar-refractivity contribution is 6.43. The van der Waals surface area contributed by atoms with Gasteiger partial charge in [-0.2, -0.15) is 0 Å². The molecule has 2 aliphatic rings. The number of carbonyl (C=O) groups excluding carboxylic acids is 3. The number of hydrogen-bond acceptors (Lipinski definition) is 4. The van der Waals surface area contributed by atoms with Crippen molar-refractivity contribution in [3.8, 4) is 0 Å². The van der Waals surface area contributed by atoms with Crippen molar-refractivity contribution >= 4 is 40.9 Å². The van der Waals surface area contributed by atoms with Crippen LogP contribution in [0.5, 0.6) is 0 Å². The van der Waals surface area contributed by atoms with Gasteiger partial charge in [-0.15, -0.1) is 0 Å². The number of benzene rings is 2. The largest absolute Gasteiger partial charge is 0.376 e. The molecule has 2 aromatic rings. The Kier molecular flexibility index (Phi) is 6.09. The topological polar surface area (TPSA) is 75.7 Å². The zero-order valence-corrected chi connectivity index (χ0v) is 17.6. The van der Waals surface area contributed by atoms with E-state index in [0.717, 1.165) is 23.3 Å². The molecule has 2 aromatic carbocycles. The lowest BCUT2D eigenvalue weighted by molar-refractivity contribution is -0.125. The van der Waals surface area contributed by atoms with E-state index < -0.39 is 23.8 Å². The number of fused-ring (bicyclic) bond motifs is 1. The van der Waals surface area contributed by atoms with Crippen LogP contribution in [0.15, 0.2) is 42.5 Å². The zero-order chi connectivity index (χ0) is 21.3. The molecule has 8 heteroatoms. The van der Waals surface area contributed by atoms with Gasteiger partial charge in [0.2, 0.25) is 5.91 Å². The Balaban J connectivity index is 1.62. The summed E-state index contributed by atoms with van der Waals surface area (Å²) in [6.07, 6.45) is 1.97. The molecule has 30 heavy (non-hydrogen) atoms. The number of halogens is 2. The van der Waals surface area contributed by atoms with Crippen molar-refractivity contribution in [1.82, 2.24) is 10.2 Å². The predicted octanol–water partition coefficient (Wildman–Crippen LogP) is 3.50. The van der Waals surface area contributed by atoms with Gasteiger partial charge >= 0.3 is 0 Å². The first-order valence-corrected chi connectivity index (χ1v) is 10.5. The molecule has 1 saturated heterocycles. The van der Waals surface area contributed by atoms with Crippen LogP contribution in [0, 0.1) is 0 Å². The Bertz CT molecular complexity index is 949. The maximum absolute atomic E-state index is 13.1. The molecule has 0 bridgehead atoms. The Labute approximate surface area is 184 Å². The molecule has 0 unspecified atom stereocenters. The van der Waals surface area contributed by atoms with Gasteiger partial charge in [0.05, 0.1) is 27.3 Å². The third-order valence-electron chi connectivity index (χ3n) is 5.37. The Morgan fingerprint density at radius 1 is 1.10 bits per heavy atom. The monoisotopic (exact) mass is 446 g/mol. The fourth-order valence-corrected chi connectivity index (χ4v) is 4.14. The molecule has 3 amide bonds. The predicted molar refractivity (Wildman–Crippen MR) is 113 cm³/mol. The highest BCUT2D eigenvalue weighted by Gasteiger charge is 2.43. The molecule has 0 radical (unpaired) electrons. The summed E-state index contributed by atoms with van der Waals surface area (Å²) in [5, 5.41) is 3.21. The van der Waals surface area contributed by atoms with Crippen LogP contribution in [0.3, 0.4) is 0 Å². The second-order valence-corrected chi connectivity index (χ2v) is 8.19. The van der Waals surface area contributed by atoms with Crippen LogP contribution in [-0.2, 0) is 16.0 Å². The molecule has 6 nitrogen and oxygen atoms in total. The molecule has 4 rings (SSSR count). The molecular weight excluding hydrogens is 427 g/mol. The molecule has 2 aliphatic heterocycles. The van der Waals surface area contributed by atoms with Gasteiger partial charge in [0.25, 0.3) is 11.8 Å². The highest BCUT2D eigenvalue weighted by atomic mass is 35.5. The summed E-state index contributed by atoms with van der Waals surface area (Å²) in [6, 6.07) is 11.0. The van der Waals surface area contributed by atoms with Crippen molar-refractivity contribution in [2.24, 2.45) is 0 Å². The number of rotatable bonds is 6. The summed E-state index contributed by atoms with van der Waals surface area (Å²) in [7, 11) is 0. The van der Waals surface area contributed by atoms with E-state index in [1.54, 1.807) is 0 Å². The standard InChI is InChI=1S/C22H20Cl2N2O4/c23-17-10-15-16(11-18(17)24)22(29)26(21(15)28)19(9-13-5-2-1-3-6-13)20(27)25-12-14-7-4-8-30-14/h1-3,5-6,10-11,14,19H,4,7-9,12H2,(H,25,27)/t14-,19-/m1/s1. The van der Waals surface area contributed by atoms with Crippen molar-refractivity contribution < 1.29 is 19.1 Å². The van der Waals surface area contributed by atoms with Crippen molar-refractivity contribution in [2.75, 3.05) is 13.2 Å². The number of carbonyl (C=O) groups is 3. The number of amides is 3. The number of hydrogen-bond donors (Lipinski definition) is 1. The Morgan fingerprint density at radius 3 is 2.30 bits per heavy atom. The summed E-state index contributed by atoms with van der Waals surface area (Å²) in [5.74, 6) is -1.51. The molecular formula is C22H20Cl2N2O4. The second-order valence-electron chi connectivity index (χ2n) is 7.38. The van der Waals surface area contributed by atoms with Gasteiger partial charge in [-0.25, -0.2) is 0 Å². The second kappa shape index (κ2) is 8.76. The van der Waals surface area contributed by atoms with Crippen LogP contribution in [0.4, 0.5) is 0 Å². The van der Waals surface area contributed by atoms with Crippen molar-refractivity contribution in [2.45, 2.75) is 31.4 Å². The molecule has 0 saturated carbocycles. The van der Waals surface area contributed by atoms with E-state index in [0.29, 0.717) is 13.2 Å². The molecule has 0 aliphatic carbocycles. The van der Waals surface area contributed by atoms with E-state index in [-0.39, 0.29) is 33.7 Å². The van der Waals surface area contributed by atoms with Gasteiger partial charge in [0, 0.05) is 19.6 Å². The van der Waals surface area contributed by atoms with Crippen LogP contribution in [-0.4, -0.2) is 47.9 Å². The molecule has 2 heterocycles. The average molecular weight is 447 g/mol. The van der Waals surface area contributed by atoms with Gasteiger partial charge in [-0.1, -0.05) is 53.5 Å². The van der Waals surface area contributed by atoms with Crippen LogP contribution in [0.2, 0.25) is 10.0 Å². The quantitative estimate of drug-likeness (QED) is 0.688. The first-order valence-electron chi connectivity index (χ1n) is 9.76. The van der Waals surface area contributed by atoms with Crippen LogP contribution >= 0.6 is 23.2 Å². The van der Waals surface area contributed by atoms with E-state index in [4.69, 9.17) is 27.9 Å². The minimum absolute atomic E-state index is 0.0499. The first kappa shape index (κ1) is 20.8. The maximum Gasteiger partial charge on any atom is 0.262 e. The van der Waals surface area contributed by atoms with Gasteiger partial charge in [0.15, 0.2) is 0 Å². The smallest absolute Gasteiger partial charge is 0.262 e. The van der Waals surface area contributed by atoms with Gasteiger partial charge in [-0.3, -0.25) is 19.3 Å². The van der Waals surface area contributed by atoms with E-state index in [1.165, 1.54) is 12.1 Å². The van der Waals surface area contributed by atoms with E-state index in [9.17, 15) is 14.4 Å². The molecule has 156 valence electrons. The molecule has 0 aromatic heterocycles. The van der Waals surface area contributed by atoms with Crippen molar-refractivity contribution in [3.05, 3.63) is 69.2 Å². The van der Waals surface area contributed by atoms with E-state index in [1.807, 2.05) is 30.3 Å². The Morgan fingerprint density at radius 2 is 1.73 bits per heavy atom. The van der Waals surface area contributed by atoms with Crippen LogP contribution < -0.4 is 5.32 Å². The lowest BCUT2D eigenvalue weighted by atomic mass is 10.0. The summed E-state index contributed by atoms with van der Waals surface area (Å²) in [5.41, 5.74) is 1.14. The fraction of sp³-hybridized carbons (Fsp3) is 0.318. The van der Waals surface area contributed by atoms with E-state index >= 15 is 0 Å². The number of imide groups is 1. The van der Waals surface area contributed by atoms with Gasteiger partial charge < -0.3 is 10.1 Å². The SMILES string of the molecule is O=C(NC[C@H]1CCCO1)[C@@H](Cc1ccccc1)N1C(=O)c2cc(Cl)c(Cl)cc2C1=O. The summed E-state index contributed by atoms with van der Waals surface area (Å²) in [4.78, 5) is 40.2. The lowest BCUT2D eigenvalue weighted by Crippen LogP contribution is -2.51. The minimum atomic E-state index is -1.00. The van der Waals surface area contributed by atoms with Gasteiger partial charge in [0.1, 0.15) is 6.04 Å². The normalized spacial score (nSPS) is 19.1. The van der Waals surface area contributed by atoms with E-state index in [2.05, 4.69) is 5.32 Å². The van der Waals surface area contributed by atoms with Crippen LogP contribution in [0.25, 0.3) is 0 Å². The van der Waals surface area contributed by atoms with Gasteiger partial charge in [-0.05, 0) is 30.5 Å². The first-order chi connectivity index (χ1) is 14.5. The van der Waals surface area contributed by atoms with Crippen molar-refractivity contribution in [1.29, 1.82) is 0 Å². The number of nitrogens with one attached hydrogen (secondary N) is 1. The number of nitrogens with zero attached hydrogens (tertiary/aromatic N) is 1. The minimum Gasteiger partial charge on any atom is -0.376 e. The average Bonchev–Trinajstić information content (AvgIpc) is 3.34. The summed E-state index contributed by atoms with van der Waals surface area (Å²) >= 11 is 12.1. The summed E-state index contributed by atoms with van der Waals surface area (Å²) < 4.78 is 5.55. The molecule has 1 fully saturated rings. The highest BCUT2D eigenvalue weighted by Crippen LogP contribution is 2.33.